The first-order valence-electron chi connectivity index (χ1n) is 6.16. The van der Waals surface area contributed by atoms with Crippen LogP contribution in [0.1, 0.15) is 24.5 Å². The van der Waals surface area contributed by atoms with Gasteiger partial charge in [-0.05, 0) is 45.1 Å². The molecule has 0 radical (unpaired) electrons. The topological polar surface area (TPSA) is 46.6 Å². The molecule has 1 fully saturated rings. The molecule has 17 heavy (non-hydrogen) atoms. The Morgan fingerprint density at radius 3 is 2.76 bits per heavy atom. The lowest BCUT2D eigenvalue weighted by molar-refractivity contribution is 0.253. The predicted molar refractivity (Wildman–Crippen MR) is 69.1 cm³/mol. The second-order valence-electron chi connectivity index (χ2n) is 4.92. The number of imidazole rings is 1. The van der Waals surface area contributed by atoms with Crippen molar-refractivity contribution in [3.05, 3.63) is 30.1 Å². The first-order chi connectivity index (χ1) is 8.24. The third kappa shape index (κ3) is 1.89. The molecule has 0 aliphatic carbocycles. The van der Waals surface area contributed by atoms with Crippen molar-refractivity contribution in [3.8, 4) is 0 Å². The Kier molecular flexibility index (Phi) is 2.52. The molecule has 0 atom stereocenters. The van der Waals surface area contributed by atoms with Gasteiger partial charge in [0.1, 0.15) is 11.5 Å². The maximum absolute atomic E-state index is 5.94. The number of aromatic nitrogens is 2. The van der Waals surface area contributed by atoms with E-state index in [1.807, 2.05) is 22.6 Å². The van der Waals surface area contributed by atoms with Gasteiger partial charge in [0.25, 0.3) is 0 Å². The van der Waals surface area contributed by atoms with Gasteiger partial charge in [-0.15, -0.1) is 0 Å². The fourth-order valence-corrected chi connectivity index (χ4v) is 2.55. The van der Waals surface area contributed by atoms with Crippen LogP contribution in [0.25, 0.3) is 5.65 Å². The van der Waals surface area contributed by atoms with Crippen molar-refractivity contribution in [3.63, 3.8) is 0 Å². The Morgan fingerprint density at radius 1 is 1.29 bits per heavy atom. The number of nitrogen functional groups attached to an aromatic ring is 1. The molecular formula is C13H18N4. The van der Waals surface area contributed by atoms with Crippen LogP contribution in [-0.4, -0.2) is 34.4 Å². The Hall–Kier alpha value is -1.55. The second-order valence-corrected chi connectivity index (χ2v) is 4.92. The number of nitrogens with zero attached hydrogens (tertiary/aromatic N) is 3. The molecule has 0 spiro atoms. The molecule has 2 N–H and O–H groups in total. The number of hydrogen-bond acceptors (Lipinski definition) is 3. The lowest BCUT2D eigenvalue weighted by Gasteiger charge is -2.27. The lowest BCUT2D eigenvalue weighted by atomic mass is 9.94. The standard InChI is InChI=1S/C13H18N4/c1-16-7-5-10(6-8-16)11-9-17-12(14)3-2-4-13(17)15-11/h2-4,9-10H,5-8,14H2,1H3. The van der Waals surface area contributed by atoms with E-state index >= 15 is 0 Å². The highest BCUT2D eigenvalue weighted by molar-refractivity contribution is 5.49. The minimum atomic E-state index is 0.588. The molecule has 1 aliphatic heterocycles. The Morgan fingerprint density at radius 2 is 2.06 bits per heavy atom. The van der Waals surface area contributed by atoms with Gasteiger partial charge in [-0.2, -0.15) is 0 Å². The van der Waals surface area contributed by atoms with E-state index in [1.165, 1.54) is 18.5 Å². The van der Waals surface area contributed by atoms with Crippen LogP contribution in [0.5, 0.6) is 0 Å². The third-order valence-electron chi connectivity index (χ3n) is 3.68. The Labute approximate surface area is 101 Å². The molecule has 2 aromatic rings. The normalized spacial score (nSPS) is 18.9. The molecule has 1 aliphatic rings. The summed E-state index contributed by atoms with van der Waals surface area (Å²) in [6.45, 7) is 2.32. The van der Waals surface area contributed by atoms with Crippen LogP contribution >= 0.6 is 0 Å². The number of nitrogens with two attached hydrogens (primary N) is 1. The number of piperidine rings is 1. The van der Waals surface area contributed by atoms with Gasteiger partial charge in [0.15, 0.2) is 0 Å². The zero-order valence-corrected chi connectivity index (χ0v) is 10.1. The maximum atomic E-state index is 5.94. The van der Waals surface area contributed by atoms with Gasteiger partial charge in [-0.1, -0.05) is 6.07 Å². The molecule has 2 aromatic heterocycles. The summed E-state index contributed by atoms with van der Waals surface area (Å²) in [5.41, 5.74) is 8.08. The summed E-state index contributed by atoms with van der Waals surface area (Å²) in [7, 11) is 2.18. The Balaban J connectivity index is 1.93. The van der Waals surface area contributed by atoms with Crippen molar-refractivity contribution in [2.75, 3.05) is 25.9 Å². The van der Waals surface area contributed by atoms with Crippen LogP contribution in [0.2, 0.25) is 0 Å². The first kappa shape index (κ1) is 10.6. The van der Waals surface area contributed by atoms with Gasteiger partial charge in [0, 0.05) is 12.1 Å². The van der Waals surface area contributed by atoms with E-state index in [0.29, 0.717) is 5.92 Å². The number of likely N-dealkylation sites (tertiary alicyclic amines) is 1. The highest BCUT2D eigenvalue weighted by atomic mass is 15.1. The molecule has 0 unspecified atom stereocenters. The molecule has 0 aromatic carbocycles. The number of hydrogen-bond donors (Lipinski definition) is 1. The highest BCUT2D eigenvalue weighted by Gasteiger charge is 2.20. The van der Waals surface area contributed by atoms with Gasteiger partial charge in [-0.3, -0.25) is 4.40 Å². The van der Waals surface area contributed by atoms with E-state index < -0.39 is 0 Å². The van der Waals surface area contributed by atoms with Gasteiger partial charge < -0.3 is 10.6 Å². The molecule has 0 saturated carbocycles. The van der Waals surface area contributed by atoms with Crippen molar-refractivity contribution in [1.82, 2.24) is 14.3 Å². The summed E-state index contributed by atoms with van der Waals surface area (Å²) in [4.78, 5) is 7.06. The maximum Gasteiger partial charge on any atom is 0.138 e. The van der Waals surface area contributed by atoms with E-state index in [-0.39, 0.29) is 0 Å². The monoisotopic (exact) mass is 230 g/mol. The molecule has 3 rings (SSSR count). The van der Waals surface area contributed by atoms with Gasteiger partial charge in [0.05, 0.1) is 5.69 Å². The van der Waals surface area contributed by atoms with Crippen molar-refractivity contribution in [2.24, 2.45) is 0 Å². The molecular weight excluding hydrogens is 212 g/mol. The fourth-order valence-electron chi connectivity index (χ4n) is 2.55. The molecule has 4 nitrogen and oxygen atoms in total. The van der Waals surface area contributed by atoms with Gasteiger partial charge in [0.2, 0.25) is 0 Å². The number of rotatable bonds is 1. The predicted octanol–water partition coefficient (Wildman–Crippen LogP) is 1.73. The van der Waals surface area contributed by atoms with Crippen molar-refractivity contribution >= 4 is 11.5 Å². The summed E-state index contributed by atoms with van der Waals surface area (Å²) in [6.07, 6.45) is 4.49. The van der Waals surface area contributed by atoms with E-state index in [1.54, 1.807) is 0 Å². The molecule has 4 heteroatoms. The van der Waals surface area contributed by atoms with Crippen molar-refractivity contribution in [2.45, 2.75) is 18.8 Å². The van der Waals surface area contributed by atoms with E-state index in [2.05, 4.69) is 23.1 Å². The third-order valence-corrected chi connectivity index (χ3v) is 3.68. The zero-order valence-electron chi connectivity index (χ0n) is 10.1. The number of pyridine rings is 1. The molecule has 90 valence electrons. The van der Waals surface area contributed by atoms with Crippen LogP contribution < -0.4 is 5.73 Å². The van der Waals surface area contributed by atoms with Gasteiger partial charge in [-0.25, -0.2) is 4.98 Å². The van der Waals surface area contributed by atoms with E-state index in [9.17, 15) is 0 Å². The second kappa shape index (κ2) is 4.04. The van der Waals surface area contributed by atoms with Crippen molar-refractivity contribution < 1.29 is 0 Å². The summed E-state index contributed by atoms with van der Waals surface area (Å²) in [5, 5.41) is 0. The summed E-state index contributed by atoms with van der Waals surface area (Å²) < 4.78 is 1.98. The summed E-state index contributed by atoms with van der Waals surface area (Å²) in [5.74, 6) is 1.35. The van der Waals surface area contributed by atoms with Crippen LogP contribution in [0, 0.1) is 0 Å². The Bertz CT molecular complexity index is 523. The summed E-state index contributed by atoms with van der Waals surface area (Å²) >= 11 is 0. The van der Waals surface area contributed by atoms with E-state index in [4.69, 9.17) is 5.73 Å². The minimum Gasteiger partial charge on any atom is -0.385 e. The zero-order chi connectivity index (χ0) is 11.8. The largest absolute Gasteiger partial charge is 0.385 e. The number of fused-ring (bicyclic) bond motifs is 1. The molecule has 0 bridgehead atoms. The average molecular weight is 230 g/mol. The smallest absolute Gasteiger partial charge is 0.138 e. The van der Waals surface area contributed by atoms with Crippen LogP contribution in [0.15, 0.2) is 24.4 Å². The SMILES string of the molecule is CN1CCC(c2cn3c(N)cccc3n2)CC1. The lowest BCUT2D eigenvalue weighted by Crippen LogP contribution is -2.29. The molecule has 0 amide bonds. The molecule has 1 saturated heterocycles. The highest BCUT2D eigenvalue weighted by Crippen LogP contribution is 2.27. The van der Waals surface area contributed by atoms with Crippen LogP contribution in [0.3, 0.4) is 0 Å². The van der Waals surface area contributed by atoms with Crippen LogP contribution in [0.4, 0.5) is 5.82 Å². The average Bonchev–Trinajstić information content (AvgIpc) is 2.75. The van der Waals surface area contributed by atoms with E-state index in [0.717, 1.165) is 24.6 Å². The number of anilines is 1. The first-order valence-corrected chi connectivity index (χ1v) is 6.16. The fraction of sp³-hybridized carbons (Fsp3) is 0.462. The molecule has 3 heterocycles. The van der Waals surface area contributed by atoms with Gasteiger partial charge >= 0.3 is 0 Å². The minimum absolute atomic E-state index is 0.588. The summed E-state index contributed by atoms with van der Waals surface area (Å²) in [6, 6.07) is 5.87. The van der Waals surface area contributed by atoms with Crippen LogP contribution in [-0.2, 0) is 0 Å². The van der Waals surface area contributed by atoms with Crippen molar-refractivity contribution in [1.29, 1.82) is 0 Å². The quantitative estimate of drug-likeness (QED) is 0.811.